The molecule has 0 atom stereocenters. The number of amides is 1. The van der Waals surface area contributed by atoms with Crippen LogP contribution in [0.25, 0.3) is 5.69 Å². The molecule has 0 saturated carbocycles. The molecule has 0 fully saturated rings. The van der Waals surface area contributed by atoms with Crippen LogP contribution in [0, 0.1) is 6.92 Å². The van der Waals surface area contributed by atoms with Gasteiger partial charge in [-0.3, -0.25) is 4.79 Å². The Morgan fingerprint density at radius 1 is 1.06 bits per heavy atom. The molecular formula is C26H29N3O4. The third kappa shape index (κ3) is 5.25. The number of para-hydroxylation sites is 1. The minimum absolute atomic E-state index is 0.0513. The van der Waals surface area contributed by atoms with E-state index >= 15 is 0 Å². The topological polar surface area (TPSA) is 73.7 Å². The lowest BCUT2D eigenvalue weighted by molar-refractivity contribution is -0.132. The molecule has 1 amide bonds. The van der Waals surface area contributed by atoms with Crippen molar-refractivity contribution in [2.45, 2.75) is 39.7 Å². The van der Waals surface area contributed by atoms with Crippen molar-refractivity contribution in [3.8, 4) is 11.4 Å². The SMILES string of the molecule is CCOC(=O)c1nn(-c2ccccc2)c2c1CN(C(=O)CCCOc1ccc(C)cc1)CC2. The van der Waals surface area contributed by atoms with Crippen molar-refractivity contribution in [1.29, 1.82) is 0 Å². The Morgan fingerprint density at radius 3 is 2.55 bits per heavy atom. The number of rotatable bonds is 8. The van der Waals surface area contributed by atoms with Gasteiger partial charge in [0.25, 0.3) is 0 Å². The molecule has 4 rings (SSSR count). The zero-order chi connectivity index (χ0) is 23.2. The molecular weight excluding hydrogens is 418 g/mol. The number of carbonyl (C=O) groups is 2. The van der Waals surface area contributed by atoms with Crippen molar-refractivity contribution >= 4 is 11.9 Å². The van der Waals surface area contributed by atoms with E-state index in [1.807, 2.05) is 61.5 Å². The average molecular weight is 448 g/mol. The largest absolute Gasteiger partial charge is 0.494 e. The lowest BCUT2D eigenvalue weighted by Gasteiger charge is -2.28. The fourth-order valence-electron chi connectivity index (χ4n) is 3.98. The highest BCUT2D eigenvalue weighted by Crippen LogP contribution is 2.26. The van der Waals surface area contributed by atoms with E-state index in [1.165, 1.54) is 5.56 Å². The summed E-state index contributed by atoms with van der Waals surface area (Å²) in [6, 6.07) is 17.6. The standard InChI is InChI=1S/C26H29N3O4/c1-3-32-26(31)25-22-18-28(16-15-23(22)29(27-25)20-8-5-4-6-9-20)24(30)10-7-17-33-21-13-11-19(2)12-14-21/h4-6,8-9,11-14H,3,7,10,15-18H2,1-2H3. The smallest absolute Gasteiger partial charge is 0.359 e. The van der Waals surface area contributed by atoms with Gasteiger partial charge in [-0.15, -0.1) is 0 Å². The fraction of sp³-hybridized carbons (Fsp3) is 0.346. The number of ether oxygens (including phenoxy) is 2. The van der Waals surface area contributed by atoms with Gasteiger partial charge < -0.3 is 14.4 Å². The summed E-state index contributed by atoms with van der Waals surface area (Å²) in [5, 5.41) is 4.57. The van der Waals surface area contributed by atoms with Gasteiger partial charge in [-0.1, -0.05) is 35.9 Å². The van der Waals surface area contributed by atoms with Crippen molar-refractivity contribution in [3.05, 3.63) is 77.1 Å². The lowest BCUT2D eigenvalue weighted by atomic mass is 10.0. The van der Waals surface area contributed by atoms with Crippen LogP contribution < -0.4 is 4.74 Å². The molecule has 7 nitrogen and oxygen atoms in total. The average Bonchev–Trinajstić information content (AvgIpc) is 3.22. The monoisotopic (exact) mass is 447 g/mol. The number of esters is 1. The van der Waals surface area contributed by atoms with Gasteiger partial charge >= 0.3 is 5.97 Å². The molecule has 2 heterocycles. The number of benzene rings is 2. The first-order valence-corrected chi connectivity index (χ1v) is 11.4. The third-order valence-electron chi connectivity index (χ3n) is 5.70. The Bertz CT molecular complexity index is 1110. The Balaban J connectivity index is 1.43. The van der Waals surface area contributed by atoms with Gasteiger partial charge in [0.05, 0.1) is 24.6 Å². The van der Waals surface area contributed by atoms with Gasteiger partial charge in [-0.05, 0) is 44.5 Å². The predicted molar refractivity (Wildman–Crippen MR) is 125 cm³/mol. The van der Waals surface area contributed by atoms with Crippen LogP contribution in [0.2, 0.25) is 0 Å². The summed E-state index contributed by atoms with van der Waals surface area (Å²) in [5.41, 5.74) is 4.08. The summed E-state index contributed by atoms with van der Waals surface area (Å²) in [5.74, 6) is 0.405. The Kier molecular flexibility index (Phi) is 7.07. The van der Waals surface area contributed by atoms with Crippen LogP contribution in [0.3, 0.4) is 0 Å². The number of hydrogen-bond donors (Lipinski definition) is 0. The van der Waals surface area contributed by atoms with Crippen LogP contribution in [0.4, 0.5) is 0 Å². The zero-order valence-electron chi connectivity index (χ0n) is 19.1. The van der Waals surface area contributed by atoms with Crippen LogP contribution in [0.15, 0.2) is 54.6 Å². The lowest BCUT2D eigenvalue weighted by Crippen LogP contribution is -2.36. The highest BCUT2D eigenvalue weighted by atomic mass is 16.5. The van der Waals surface area contributed by atoms with Crippen molar-refractivity contribution in [2.75, 3.05) is 19.8 Å². The molecule has 3 aromatic rings. The highest BCUT2D eigenvalue weighted by Gasteiger charge is 2.31. The highest BCUT2D eigenvalue weighted by molar-refractivity contribution is 5.90. The molecule has 0 bridgehead atoms. The molecule has 7 heteroatoms. The minimum Gasteiger partial charge on any atom is -0.494 e. The van der Waals surface area contributed by atoms with E-state index < -0.39 is 5.97 Å². The van der Waals surface area contributed by atoms with Gasteiger partial charge in [0.15, 0.2) is 5.69 Å². The first kappa shape index (κ1) is 22.6. The van der Waals surface area contributed by atoms with Gasteiger partial charge in [0, 0.05) is 31.5 Å². The van der Waals surface area contributed by atoms with Crippen LogP contribution >= 0.6 is 0 Å². The molecule has 1 aromatic heterocycles. The van der Waals surface area contributed by atoms with E-state index in [1.54, 1.807) is 16.5 Å². The number of fused-ring (bicyclic) bond motifs is 1. The maximum Gasteiger partial charge on any atom is 0.359 e. The summed E-state index contributed by atoms with van der Waals surface area (Å²) >= 11 is 0. The predicted octanol–water partition coefficient (Wildman–Crippen LogP) is 4.10. The Hall–Kier alpha value is -3.61. The van der Waals surface area contributed by atoms with E-state index in [0.29, 0.717) is 39.0 Å². The van der Waals surface area contributed by atoms with Crippen LogP contribution in [-0.4, -0.2) is 46.3 Å². The maximum absolute atomic E-state index is 12.9. The second-order valence-electron chi connectivity index (χ2n) is 8.07. The number of carbonyl (C=O) groups excluding carboxylic acids is 2. The van der Waals surface area contributed by atoms with E-state index in [-0.39, 0.29) is 18.2 Å². The normalized spacial score (nSPS) is 12.8. The quantitative estimate of drug-likeness (QED) is 0.384. The molecule has 172 valence electrons. The molecule has 1 aliphatic rings. The minimum atomic E-state index is -0.454. The second kappa shape index (κ2) is 10.3. The van der Waals surface area contributed by atoms with Crippen LogP contribution in [-0.2, 0) is 22.5 Å². The van der Waals surface area contributed by atoms with Gasteiger partial charge in [0.2, 0.25) is 5.91 Å². The number of nitrogens with zero attached hydrogens (tertiary/aromatic N) is 3. The molecule has 1 aliphatic heterocycles. The van der Waals surface area contributed by atoms with Gasteiger partial charge in [-0.25, -0.2) is 9.48 Å². The summed E-state index contributed by atoms with van der Waals surface area (Å²) in [6.45, 7) is 5.50. The van der Waals surface area contributed by atoms with E-state index in [4.69, 9.17) is 9.47 Å². The fourth-order valence-corrected chi connectivity index (χ4v) is 3.98. The second-order valence-corrected chi connectivity index (χ2v) is 8.07. The van der Waals surface area contributed by atoms with Gasteiger partial charge in [0.1, 0.15) is 5.75 Å². The van der Waals surface area contributed by atoms with E-state index in [0.717, 1.165) is 22.7 Å². The molecule has 0 N–H and O–H groups in total. The summed E-state index contributed by atoms with van der Waals surface area (Å²) in [7, 11) is 0. The van der Waals surface area contributed by atoms with E-state index in [9.17, 15) is 9.59 Å². The Morgan fingerprint density at radius 2 is 1.82 bits per heavy atom. The number of aryl methyl sites for hydroxylation is 1. The molecule has 0 saturated heterocycles. The summed E-state index contributed by atoms with van der Waals surface area (Å²) in [4.78, 5) is 27.3. The van der Waals surface area contributed by atoms with Crippen molar-refractivity contribution < 1.29 is 19.1 Å². The third-order valence-corrected chi connectivity index (χ3v) is 5.70. The molecule has 0 aliphatic carbocycles. The first-order chi connectivity index (χ1) is 16.1. The maximum atomic E-state index is 12.9. The van der Waals surface area contributed by atoms with Crippen molar-refractivity contribution in [3.63, 3.8) is 0 Å². The van der Waals surface area contributed by atoms with E-state index in [2.05, 4.69) is 5.10 Å². The van der Waals surface area contributed by atoms with Crippen LogP contribution in [0.1, 0.15) is 47.1 Å². The zero-order valence-corrected chi connectivity index (χ0v) is 19.1. The Labute approximate surface area is 193 Å². The molecule has 0 unspecified atom stereocenters. The van der Waals surface area contributed by atoms with Crippen LogP contribution in [0.5, 0.6) is 5.75 Å². The summed E-state index contributed by atoms with van der Waals surface area (Å²) in [6.07, 6.45) is 1.65. The van der Waals surface area contributed by atoms with Crippen molar-refractivity contribution in [2.24, 2.45) is 0 Å². The first-order valence-electron chi connectivity index (χ1n) is 11.4. The summed E-state index contributed by atoms with van der Waals surface area (Å²) < 4.78 is 12.8. The number of hydrogen-bond acceptors (Lipinski definition) is 5. The number of aromatic nitrogens is 2. The molecule has 33 heavy (non-hydrogen) atoms. The van der Waals surface area contributed by atoms with Crippen molar-refractivity contribution in [1.82, 2.24) is 14.7 Å². The molecule has 2 aromatic carbocycles. The molecule has 0 radical (unpaired) electrons. The van der Waals surface area contributed by atoms with Gasteiger partial charge in [-0.2, -0.15) is 5.10 Å². The molecule has 0 spiro atoms.